The van der Waals surface area contributed by atoms with Gasteiger partial charge in [-0.25, -0.2) is 4.98 Å². The Balaban J connectivity index is 2.24. The van der Waals surface area contributed by atoms with Crippen molar-refractivity contribution in [2.24, 2.45) is 0 Å². The summed E-state index contributed by atoms with van der Waals surface area (Å²) in [6.45, 7) is 7.84. The summed E-state index contributed by atoms with van der Waals surface area (Å²) in [4.78, 5) is 18.1. The summed E-state index contributed by atoms with van der Waals surface area (Å²) in [6, 6.07) is 14.0. The van der Waals surface area contributed by atoms with E-state index in [1.165, 1.54) is 6.92 Å². The molecule has 2 heterocycles. The number of carbonyl (C=O) groups is 1. The van der Waals surface area contributed by atoms with E-state index < -0.39 is 0 Å². The maximum Gasteiger partial charge on any atom is 0.308 e. The summed E-state index contributed by atoms with van der Waals surface area (Å²) in [6.07, 6.45) is 0. The van der Waals surface area contributed by atoms with E-state index in [1.807, 2.05) is 42.5 Å². The summed E-state index contributed by atoms with van der Waals surface area (Å²) < 4.78 is 5.51. The molecule has 0 aliphatic rings. The molecule has 0 amide bonds. The maximum atomic E-state index is 11.5. The van der Waals surface area contributed by atoms with Crippen LogP contribution < -0.4 is 4.74 Å². The highest BCUT2D eigenvalue weighted by atomic mass is 32.1. The molecule has 0 atom stereocenters. The summed E-state index contributed by atoms with van der Waals surface area (Å²) in [7, 11) is 0. The smallest absolute Gasteiger partial charge is 0.308 e. The molecule has 0 saturated carbocycles. The Labute approximate surface area is 139 Å². The molecule has 0 aliphatic carbocycles. The van der Waals surface area contributed by atoms with Gasteiger partial charge < -0.3 is 4.74 Å². The van der Waals surface area contributed by atoms with Crippen LogP contribution in [0.4, 0.5) is 0 Å². The Kier molecular flexibility index (Phi) is 3.94. The van der Waals surface area contributed by atoms with Gasteiger partial charge in [-0.2, -0.15) is 0 Å². The van der Waals surface area contributed by atoms with Gasteiger partial charge in [0.15, 0.2) is 5.75 Å². The summed E-state index contributed by atoms with van der Waals surface area (Å²) in [5.41, 5.74) is 2.04. The summed E-state index contributed by atoms with van der Waals surface area (Å²) >= 11 is 1.56. The van der Waals surface area contributed by atoms with Crippen LogP contribution in [0.25, 0.3) is 20.7 Å². The van der Waals surface area contributed by atoms with E-state index in [4.69, 9.17) is 9.72 Å². The molecule has 4 heteroatoms. The third-order valence-electron chi connectivity index (χ3n) is 3.56. The largest absolute Gasteiger partial charge is 0.424 e. The highest BCUT2D eigenvalue weighted by molar-refractivity contribution is 7.22. The topological polar surface area (TPSA) is 39.2 Å². The molecule has 23 heavy (non-hydrogen) atoms. The minimum Gasteiger partial charge on any atom is -0.424 e. The zero-order chi connectivity index (χ0) is 16.6. The number of aromatic nitrogens is 1. The van der Waals surface area contributed by atoms with E-state index in [0.717, 1.165) is 26.4 Å². The highest BCUT2D eigenvalue weighted by Crippen LogP contribution is 2.44. The first-order chi connectivity index (χ1) is 10.9. The second kappa shape index (κ2) is 5.78. The monoisotopic (exact) mass is 325 g/mol. The van der Waals surface area contributed by atoms with Crippen LogP contribution in [0.5, 0.6) is 5.75 Å². The Morgan fingerprint density at radius 3 is 2.39 bits per heavy atom. The molecule has 0 aliphatic heterocycles. The fraction of sp³-hybridized carbons (Fsp3) is 0.263. The van der Waals surface area contributed by atoms with Crippen molar-refractivity contribution in [3.8, 4) is 16.2 Å². The van der Waals surface area contributed by atoms with Gasteiger partial charge in [0.1, 0.15) is 4.83 Å². The van der Waals surface area contributed by atoms with Crippen molar-refractivity contribution in [2.45, 2.75) is 33.1 Å². The third kappa shape index (κ3) is 3.13. The molecular formula is C19H19NO2S. The number of hydrogen-bond acceptors (Lipinski definition) is 4. The van der Waals surface area contributed by atoms with Crippen LogP contribution in [0.1, 0.15) is 33.4 Å². The molecule has 3 rings (SSSR count). The molecule has 2 aromatic heterocycles. The summed E-state index contributed by atoms with van der Waals surface area (Å²) in [5.74, 6) is 0.290. The van der Waals surface area contributed by atoms with Crippen molar-refractivity contribution >= 4 is 27.5 Å². The van der Waals surface area contributed by atoms with Crippen LogP contribution >= 0.6 is 11.3 Å². The van der Waals surface area contributed by atoms with Crippen molar-refractivity contribution < 1.29 is 9.53 Å². The van der Waals surface area contributed by atoms with Gasteiger partial charge in [-0.1, -0.05) is 51.1 Å². The van der Waals surface area contributed by atoms with Gasteiger partial charge in [-0.3, -0.25) is 4.79 Å². The Morgan fingerprint density at radius 2 is 1.78 bits per heavy atom. The van der Waals surface area contributed by atoms with E-state index >= 15 is 0 Å². The van der Waals surface area contributed by atoms with Gasteiger partial charge >= 0.3 is 5.97 Å². The van der Waals surface area contributed by atoms with Gasteiger partial charge in [0.25, 0.3) is 0 Å². The first kappa shape index (κ1) is 15.7. The van der Waals surface area contributed by atoms with Crippen molar-refractivity contribution in [2.75, 3.05) is 0 Å². The third-order valence-corrected chi connectivity index (χ3v) is 4.69. The van der Waals surface area contributed by atoms with Crippen LogP contribution in [0, 0.1) is 0 Å². The average Bonchev–Trinajstić information content (AvgIpc) is 2.85. The van der Waals surface area contributed by atoms with E-state index in [9.17, 15) is 4.79 Å². The maximum absolute atomic E-state index is 11.5. The SMILES string of the molecule is CC(=O)Oc1c(-c2ccccc2)sc2nc(C(C)(C)C)ccc12. The fourth-order valence-corrected chi connectivity index (χ4v) is 3.50. The van der Waals surface area contributed by atoms with Crippen LogP contribution in [0.15, 0.2) is 42.5 Å². The number of hydrogen-bond donors (Lipinski definition) is 0. The number of nitrogens with zero attached hydrogens (tertiary/aromatic N) is 1. The normalized spacial score (nSPS) is 11.7. The fourth-order valence-electron chi connectivity index (χ4n) is 2.40. The minimum absolute atomic E-state index is 0.0211. The molecule has 118 valence electrons. The molecule has 3 nitrogen and oxygen atoms in total. The Hall–Kier alpha value is -2.20. The lowest BCUT2D eigenvalue weighted by molar-refractivity contribution is -0.131. The molecule has 0 radical (unpaired) electrons. The second-order valence-corrected chi connectivity index (χ2v) is 7.52. The van der Waals surface area contributed by atoms with Crippen LogP contribution in [-0.4, -0.2) is 11.0 Å². The molecule has 0 fully saturated rings. The highest BCUT2D eigenvalue weighted by Gasteiger charge is 2.21. The summed E-state index contributed by atoms with van der Waals surface area (Å²) in [5, 5.41) is 0.886. The van der Waals surface area contributed by atoms with Crippen molar-refractivity contribution in [1.29, 1.82) is 0 Å². The zero-order valence-corrected chi connectivity index (χ0v) is 14.5. The van der Waals surface area contributed by atoms with E-state index in [2.05, 4.69) is 20.8 Å². The number of carbonyl (C=O) groups excluding carboxylic acids is 1. The minimum atomic E-state index is -0.318. The number of rotatable bonds is 2. The number of benzene rings is 1. The molecule has 3 aromatic rings. The Morgan fingerprint density at radius 1 is 1.09 bits per heavy atom. The molecule has 0 bridgehead atoms. The molecular weight excluding hydrogens is 306 g/mol. The number of ether oxygens (including phenoxy) is 1. The van der Waals surface area contributed by atoms with Gasteiger partial charge in [-0.15, -0.1) is 11.3 Å². The van der Waals surface area contributed by atoms with Gasteiger partial charge in [-0.05, 0) is 17.7 Å². The van der Waals surface area contributed by atoms with Crippen LogP contribution in [-0.2, 0) is 10.2 Å². The van der Waals surface area contributed by atoms with Crippen molar-refractivity contribution in [3.05, 3.63) is 48.2 Å². The first-order valence-corrected chi connectivity index (χ1v) is 8.36. The van der Waals surface area contributed by atoms with Crippen LogP contribution in [0.3, 0.4) is 0 Å². The second-order valence-electron chi connectivity index (χ2n) is 6.52. The zero-order valence-electron chi connectivity index (χ0n) is 13.7. The van der Waals surface area contributed by atoms with E-state index in [-0.39, 0.29) is 11.4 Å². The number of pyridine rings is 1. The number of esters is 1. The van der Waals surface area contributed by atoms with Gasteiger partial charge in [0.05, 0.1) is 10.3 Å². The van der Waals surface area contributed by atoms with Gasteiger partial charge in [0, 0.05) is 18.0 Å². The molecule has 0 spiro atoms. The molecule has 0 saturated heterocycles. The predicted molar refractivity (Wildman–Crippen MR) is 95.1 cm³/mol. The van der Waals surface area contributed by atoms with Crippen molar-refractivity contribution in [1.82, 2.24) is 4.98 Å². The first-order valence-electron chi connectivity index (χ1n) is 7.54. The molecule has 0 unspecified atom stereocenters. The predicted octanol–water partition coefficient (Wildman–Crippen LogP) is 5.19. The lowest BCUT2D eigenvalue weighted by atomic mass is 9.91. The van der Waals surface area contributed by atoms with Crippen LogP contribution in [0.2, 0.25) is 0 Å². The average molecular weight is 325 g/mol. The molecule has 1 aromatic carbocycles. The van der Waals surface area contributed by atoms with E-state index in [1.54, 1.807) is 11.3 Å². The quantitative estimate of drug-likeness (QED) is 0.609. The van der Waals surface area contributed by atoms with E-state index in [0.29, 0.717) is 5.75 Å². The van der Waals surface area contributed by atoms with Crippen molar-refractivity contribution in [3.63, 3.8) is 0 Å². The number of thiophene rings is 1. The lowest BCUT2D eigenvalue weighted by Gasteiger charge is -2.17. The van der Waals surface area contributed by atoms with Gasteiger partial charge in [0.2, 0.25) is 0 Å². The lowest BCUT2D eigenvalue weighted by Crippen LogP contribution is -2.12. The number of fused-ring (bicyclic) bond motifs is 1. The molecule has 0 N–H and O–H groups in total. The standard InChI is InChI=1S/C19H19NO2S/c1-12(21)22-16-14-10-11-15(19(2,3)4)20-18(14)23-17(16)13-8-6-5-7-9-13/h5-11H,1-4H3. The Bertz CT molecular complexity index is 860.